The van der Waals surface area contributed by atoms with Crippen LogP contribution in [0.2, 0.25) is 0 Å². The van der Waals surface area contributed by atoms with Crippen LogP contribution in [0.3, 0.4) is 0 Å². The van der Waals surface area contributed by atoms with E-state index in [2.05, 4.69) is 22.2 Å². The molecule has 3 nitrogen and oxygen atoms in total. The van der Waals surface area contributed by atoms with Crippen LogP contribution in [0.5, 0.6) is 0 Å². The Labute approximate surface area is 101 Å². The van der Waals surface area contributed by atoms with Crippen molar-refractivity contribution in [3.05, 3.63) is 42.4 Å². The van der Waals surface area contributed by atoms with Crippen molar-refractivity contribution in [3.8, 4) is 0 Å². The molecule has 15 heavy (non-hydrogen) atoms. The molecule has 2 aromatic heterocycles. The maximum absolute atomic E-state index is 4.36. The van der Waals surface area contributed by atoms with Gasteiger partial charge >= 0.3 is 0 Å². The van der Waals surface area contributed by atoms with E-state index in [-0.39, 0.29) is 21.1 Å². The summed E-state index contributed by atoms with van der Waals surface area (Å²) in [6, 6.07) is 11.1. The first kappa shape index (κ1) is 10.3. The van der Waals surface area contributed by atoms with Gasteiger partial charge in [0.05, 0.1) is 5.65 Å². The number of nitrogens with zero attached hydrogens (tertiary/aromatic N) is 3. The standard InChI is InChI=1S/C11H8N3.Pt/c1-8-12-11-10-5-3-2-4-9(10)6-7-14(11)13-8;/h2-4,6-7H,1H3;/q-1;. The Balaban J connectivity index is 0.000000853. The second-order valence-corrected chi connectivity index (χ2v) is 3.24. The van der Waals surface area contributed by atoms with Gasteiger partial charge in [0.25, 0.3) is 0 Å². The van der Waals surface area contributed by atoms with Gasteiger partial charge < -0.3 is 0 Å². The van der Waals surface area contributed by atoms with E-state index in [1.807, 2.05) is 31.3 Å². The zero-order valence-corrected chi connectivity index (χ0v) is 10.3. The fraction of sp³-hybridized carbons (Fsp3) is 0.0909. The molecule has 0 bridgehead atoms. The summed E-state index contributed by atoms with van der Waals surface area (Å²) >= 11 is 0. The van der Waals surface area contributed by atoms with Gasteiger partial charge in [-0.05, 0) is 6.92 Å². The van der Waals surface area contributed by atoms with Crippen LogP contribution < -0.4 is 0 Å². The third-order valence-electron chi connectivity index (χ3n) is 2.24. The summed E-state index contributed by atoms with van der Waals surface area (Å²) in [6.07, 6.45) is 1.92. The number of pyridine rings is 1. The molecule has 0 radical (unpaired) electrons. The predicted molar refractivity (Wildman–Crippen MR) is 54.1 cm³/mol. The average Bonchev–Trinajstić information content (AvgIpc) is 2.59. The number of fused-ring (bicyclic) bond motifs is 3. The fourth-order valence-corrected chi connectivity index (χ4v) is 1.64. The van der Waals surface area contributed by atoms with Crippen LogP contribution in [0, 0.1) is 13.0 Å². The van der Waals surface area contributed by atoms with E-state index in [4.69, 9.17) is 0 Å². The second kappa shape index (κ2) is 3.74. The normalized spacial score (nSPS) is 10.5. The maximum atomic E-state index is 4.36. The molecule has 0 aliphatic carbocycles. The van der Waals surface area contributed by atoms with Crippen LogP contribution >= 0.6 is 0 Å². The quantitative estimate of drug-likeness (QED) is 0.561. The second-order valence-electron chi connectivity index (χ2n) is 3.24. The van der Waals surface area contributed by atoms with Crippen molar-refractivity contribution in [1.29, 1.82) is 0 Å². The molecule has 0 atom stereocenters. The van der Waals surface area contributed by atoms with Gasteiger partial charge in [0.15, 0.2) is 0 Å². The van der Waals surface area contributed by atoms with Crippen molar-refractivity contribution >= 4 is 16.4 Å². The molecule has 0 saturated carbocycles. The van der Waals surface area contributed by atoms with E-state index in [0.29, 0.717) is 0 Å². The number of rotatable bonds is 0. The largest absolute Gasteiger partial charge is 0.262 e. The van der Waals surface area contributed by atoms with Crippen molar-refractivity contribution in [2.24, 2.45) is 0 Å². The van der Waals surface area contributed by atoms with Crippen molar-refractivity contribution in [3.63, 3.8) is 0 Å². The van der Waals surface area contributed by atoms with E-state index in [1.165, 1.54) is 0 Å². The average molecular weight is 377 g/mol. The molecule has 0 amide bonds. The molecule has 78 valence electrons. The van der Waals surface area contributed by atoms with E-state index < -0.39 is 0 Å². The molecular weight excluding hydrogens is 369 g/mol. The minimum absolute atomic E-state index is 0. The number of hydrogen-bond acceptors (Lipinski definition) is 2. The predicted octanol–water partition coefficient (Wildman–Crippen LogP) is 1.99. The SMILES string of the molecule is Cc1nc2c3[c-]cccc3ccn2n1.[Pt]. The zero-order chi connectivity index (χ0) is 9.54. The zero-order valence-electron chi connectivity index (χ0n) is 8.04. The smallest absolute Gasteiger partial charge is 0.137 e. The molecule has 0 spiro atoms. The van der Waals surface area contributed by atoms with Crippen molar-refractivity contribution in [2.45, 2.75) is 6.92 Å². The Kier molecular flexibility index (Phi) is 2.57. The van der Waals surface area contributed by atoms with Gasteiger partial charge in [-0.15, -0.1) is 29.7 Å². The molecule has 2 heterocycles. The van der Waals surface area contributed by atoms with Crippen molar-refractivity contribution < 1.29 is 21.1 Å². The minimum Gasteiger partial charge on any atom is -0.262 e. The van der Waals surface area contributed by atoms with Gasteiger partial charge in [-0.2, -0.15) is 5.10 Å². The molecule has 0 aliphatic heterocycles. The van der Waals surface area contributed by atoms with Gasteiger partial charge in [-0.3, -0.25) is 9.50 Å². The third-order valence-corrected chi connectivity index (χ3v) is 2.24. The molecule has 4 heteroatoms. The van der Waals surface area contributed by atoms with Crippen LogP contribution in [0.25, 0.3) is 16.4 Å². The van der Waals surface area contributed by atoms with Crippen LogP contribution in [-0.4, -0.2) is 14.6 Å². The number of hydrogen-bond donors (Lipinski definition) is 0. The Bertz CT molecular complexity index is 615. The summed E-state index contributed by atoms with van der Waals surface area (Å²) in [6.45, 7) is 1.89. The molecule has 0 aliphatic rings. The Morgan fingerprint density at radius 1 is 1.33 bits per heavy atom. The summed E-state index contributed by atoms with van der Waals surface area (Å²) in [7, 11) is 0. The molecule has 0 unspecified atom stereocenters. The number of benzene rings is 1. The van der Waals surface area contributed by atoms with Crippen LogP contribution in [0.1, 0.15) is 5.82 Å². The Morgan fingerprint density at radius 3 is 3.07 bits per heavy atom. The molecular formula is C11H8N3Pt-. The summed E-state index contributed by atoms with van der Waals surface area (Å²) < 4.78 is 1.79. The van der Waals surface area contributed by atoms with Gasteiger partial charge in [-0.25, -0.2) is 0 Å². The van der Waals surface area contributed by atoms with E-state index in [1.54, 1.807) is 4.52 Å². The van der Waals surface area contributed by atoms with E-state index in [9.17, 15) is 0 Å². The van der Waals surface area contributed by atoms with Gasteiger partial charge in [-0.1, -0.05) is 11.5 Å². The Hall–Kier alpha value is -1.21. The first-order valence-electron chi connectivity index (χ1n) is 4.47. The van der Waals surface area contributed by atoms with E-state index in [0.717, 1.165) is 22.2 Å². The first-order chi connectivity index (χ1) is 6.84. The van der Waals surface area contributed by atoms with E-state index >= 15 is 0 Å². The van der Waals surface area contributed by atoms with Gasteiger partial charge in [0, 0.05) is 27.3 Å². The fourth-order valence-electron chi connectivity index (χ4n) is 1.64. The van der Waals surface area contributed by atoms with Crippen LogP contribution in [-0.2, 0) is 21.1 Å². The molecule has 3 aromatic rings. The van der Waals surface area contributed by atoms with Crippen LogP contribution in [0.4, 0.5) is 0 Å². The molecule has 0 N–H and O–H groups in total. The summed E-state index contributed by atoms with van der Waals surface area (Å²) in [5.74, 6) is 0.787. The molecule has 3 rings (SSSR count). The van der Waals surface area contributed by atoms with Gasteiger partial charge in [0.2, 0.25) is 0 Å². The van der Waals surface area contributed by atoms with Crippen molar-refractivity contribution in [2.75, 3.05) is 0 Å². The number of aromatic nitrogens is 3. The maximum Gasteiger partial charge on any atom is 0.137 e. The molecule has 0 saturated heterocycles. The molecule has 0 fully saturated rings. The van der Waals surface area contributed by atoms with Crippen molar-refractivity contribution in [1.82, 2.24) is 14.6 Å². The summed E-state index contributed by atoms with van der Waals surface area (Å²) in [5.41, 5.74) is 0.876. The van der Waals surface area contributed by atoms with Gasteiger partial charge in [0.1, 0.15) is 5.82 Å². The van der Waals surface area contributed by atoms with Crippen LogP contribution in [0.15, 0.2) is 30.5 Å². The molecule has 1 aromatic carbocycles. The Morgan fingerprint density at radius 2 is 2.20 bits per heavy atom. The first-order valence-corrected chi connectivity index (χ1v) is 4.47. The number of aryl methyl sites for hydroxylation is 1. The summed E-state index contributed by atoms with van der Waals surface area (Å²) in [4.78, 5) is 4.36. The monoisotopic (exact) mass is 377 g/mol. The summed E-state index contributed by atoms with van der Waals surface area (Å²) in [5, 5.41) is 6.42. The third kappa shape index (κ3) is 1.57. The minimum atomic E-state index is 0. The topological polar surface area (TPSA) is 30.2 Å².